The second kappa shape index (κ2) is 8.77. The second-order valence-corrected chi connectivity index (χ2v) is 6.90. The van der Waals surface area contributed by atoms with Crippen LogP contribution in [-0.4, -0.2) is 41.7 Å². The van der Waals surface area contributed by atoms with E-state index in [1.54, 1.807) is 18.9 Å². The molecular weight excluding hydrogens is 368 g/mol. The van der Waals surface area contributed by atoms with Gasteiger partial charge in [-0.15, -0.1) is 5.10 Å². The highest BCUT2D eigenvalue weighted by molar-refractivity contribution is 5.93. The maximum absolute atomic E-state index is 12.6. The number of methoxy groups -OCH3 is 2. The Morgan fingerprint density at radius 3 is 2.45 bits per heavy atom. The van der Waals surface area contributed by atoms with Crippen LogP contribution < -0.4 is 14.8 Å². The van der Waals surface area contributed by atoms with Crippen molar-refractivity contribution >= 4 is 5.91 Å². The van der Waals surface area contributed by atoms with Crippen molar-refractivity contribution in [2.75, 3.05) is 20.8 Å². The van der Waals surface area contributed by atoms with Gasteiger partial charge in [0.2, 0.25) is 0 Å². The van der Waals surface area contributed by atoms with Crippen molar-refractivity contribution in [3.63, 3.8) is 0 Å². The van der Waals surface area contributed by atoms with Gasteiger partial charge in [-0.25, -0.2) is 4.68 Å². The summed E-state index contributed by atoms with van der Waals surface area (Å²) in [7, 11) is 3.20. The van der Waals surface area contributed by atoms with Crippen molar-refractivity contribution in [2.24, 2.45) is 0 Å². The summed E-state index contributed by atoms with van der Waals surface area (Å²) in [5.41, 5.74) is 5.34. The van der Waals surface area contributed by atoms with E-state index < -0.39 is 0 Å². The number of carbonyl (C=O) groups is 1. The molecule has 152 valence electrons. The van der Waals surface area contributed by atoms with E-state index in [9.17, 15) is 4.79 Å². The van der Waals surface area contributed by atoms with E-state index in [0.717, 1.165) is 11.3 Å². The summed E-state index contributed by atoms with van der Waals surface area (Å²) < 4.78 is 12.3. The quantitative estimate of drug-likeness (QED) is 0.666. The predicted octanol–water partition coefficient (Wildman–Crippen LogP) is 3.18. The first-order valence-electron chi connectivity index (χ1n) is 9.43. The number of carbonyl (C=O) groups excluding carboxylic acids is 1. The molecule has 0 aliphatic rings. The Kier molecular flexibility index (Phi) is 6.16. The number of ether oxygens (including phenoxy) is 2. The number of nitrogens with one attached hydrogen (secondary N) is 1. The van der Waals surface area contributed by atoms with Gasteiger partial charge in [-0.3, -0.25) is 4.79 Å². The van der Waals surface area contributed by atoms with Gasteiger partial charge in [-0.2, -0.15) is 0 Å². The average molecular weight is 394 g/mol. The third-order valence-corrected chi connectivity index (χ3v) is 4.99. The van der Waals surface area contributed by atoms with Crippen LogP contribution in [0.15, 0.2) is 36.4 Å². The molecule has 1 heterocycles. The van der Waals surface area contributed by atoms with Crippen molar-refractivity contribution in [1.82, 2.24) is 20.3 Å². The van der Waals surface area contributed by atoms with E-state index in [2.05, 4.69) is 22.6 Å². The number of nitrogens with zero attached hydrogens (tertiary/aromatic N) is 3. The van der Waals surface area contributed by atoms with Crippen LogP contribution in [0.25, 0.3) is 5.69 Å². The minimum Gasteiger partial charge on any atom is -0.493 e. The van der Waals surface area contributed by atoms with Gasteiger partial charge in [0.1, 0.15) is 0 Å². The second-order valence-electron chi connectivity index (χ2n) is 6.90. The van der Waals surface area contributed by atoms with Crippen LogP contribution in [0.5, 0.6) is 11.5 Å². The molecule has 1 aromatic heterocycles. The van der Waals surface area contributed by atoms with Gasteiger partial charge in [0, 0.05) is 6.54 Å². The molecule has 0 spiro atoms. The molecule has 0 unspecified atom stereocenters. The number of aryl methyl sites for hydroxylation is 2. The number of rotatable bonds is 7. The Balaban J connectivity index is 1.66. The van der Waals surface area contributed by atoms with Crippen LogP contribution in [0.1, 0.15) is 32.9 Å². The molecule has 0 saturated carbocycles. The smallest absolute Gasteiger partial charge is 0.273 e. The van der Waals surface area contributed by atoms with Gasteiger partial charge < -0.3 is 14.8 Å². The Morgan fingerprint density at radius 2 is 1.76 bits per heavy atom. The van der Waals surface area contributed by atoms with E-state index in [4.69, 9.17) is 9.47 Å². The number of amides is 1. The molecule has 0 saturated heterocycles. The minimum atomic E-state index is -0.238. The largest absolute Gasteiger partial charge is 0.493 e. The van der Waals surface area contributed by atoms with Crippen LogP contribution in [0.3, 0.4) is 0 Å². The van der Waals surface area contributed by atoms with Gasteiger partial charge in [0.25, 0.3) is 5.91 Å². The molecular formula is C22H26N4O3. The van der Waals surface area contributed by atoms with Crippen molar-refractivity contribution < 1.29 is 14.3 Å². The number of benzene rings is 2. The number of hydrogen-bond donors (Lipinski definition) is 1. The molecule has 1 amide bonds. The lowest BCUT2D eigenvalue weighted by Crippen LogP contribution is -2.26. The molecule has 0 bridgehead atoms. The van der Waals surface area contributed by atoms with E-state index in [-0.39, 0.29) is 5.91 Å². The first-order chi connectivity index (χ1) is 13.9. The maximum Gasteiger partial charge on any atom is 0.273 e. The molecule has 0 radical (unpaired) electrons. The summed E-state index contributed by atoms with van der Waals surface area (Å²) in [5, 5.41) is 11.2. The Labute approximate surface area is 170 Å². The molecule has 7 heteroatoms. The van der Waals surface area contributed by atoms with E-state index in [1.807, 2.05) is 50.2 Å². The Hall–Kier alpha value is -3.35. The molecule has 3 aromatic rings. The van der Waals surface area contributed by atoms with Gasteiger partial charge in [0.05, 0.1) is 25.6 Å². The first-order valence-corrected chi connectivity index (χ1v) is 9.43. The van der Waals surface area contributed by atoms with Crippen LogP contribution in [0.4, 0.5) is 0 Å². The van der Waals surface area contributed by atoms with Crippen molar-refractivity contribution in [3.8, 4) is 17.2 Å². The van der Waals surface area contributed by atoms with Gasteiger partial charge in [-0.05, 0) is 68.1 Å². The standard InChI is InChI=1S/C22H26N4O3/c1-14-6-8-18(12-15(14)2)26-16(3)21(24-25-26)22(27)23-11-10-17-7-9-19(28-4)20(13-17)29-5/h6-9,12-13H,10-11H2,1-5H3,(H,23,27). The van der Waals surface area contributed by atoms with Crippen molar-refractivity contribution in [3.05, 3.63) is 64.5 Å². The molecule has 3 rings (SSSR count). The maximum atomic E-state index is 12.6. The Morgan fingerprint density at radius 1 is 1.00 bits per heavy atom. The monoisotopic (exact) mass is 394 g/mol. The van der Waals surface area contributed by atoms with Crippen LogP contribution in [0.2, 0.25) is 0 Å². The third-order valence-electron chi connectivity index (χ3n) is 4.99. The van der Waals surface area contributed by atoms with Gasteiger partial charge in [-0.1, -0.05) is 17.3 Å². The predicted molar refractivity (Wildman–Crippen MR) is 111 cm³/mol. The highest BCUT2D eigenvalue weighted by Crippen LogP contribution is 2.27. The van der Waals surface area contributed by atoms with Crippen molar-refractivity contribution in [1.29, 1.82) is 0 Å². The molecule has 0 fully saturated rings. The Bertz CT molecular complexity index is 1030. The highest BCUT2D eigenvalue weighted by atomic mass is 16.5. The summed E-state index contributed by atoms with van der Waals surface area (Å²) in [4.78, 5) is 12.6. The van der Waals surface area contributed by atoms with Crippen LogP contribution >= 0.6 is 0 Å². The molecule has 0 aliphatic carbocycles. The molecule has 0 aliphatic heterocycles. The van der Waals surface area contributed by atoms with E-state index in [1.165, 1.54) is 11.1 Å². The van der Waals surface area contributed by atoms with E-state index >= 15 is 0 Å². The number of hydrogen-bond acceptors (Lipinski definition) is 5. The lowest BCUT2D eigenvalue weighted by Gasteiger charge is -2.10. The summed E-state index contributed by atoms with van der Waals surface area (Å²) in [5.74, 6) is 1.11. The summed E-state index contributed by atoms with van der Waals surface area (Å²) in [6.07, 6.45) is 0.663. The molecule has 2 aromatic carbocycles. The lowest BCUT2D eigenvalue weighted by atomic mass is 10.1. The highest BCUT2D eigenvalue weighted by Gasteiger charge is 2.17. The zero-order chi connectivity index (χ0) is 21.0. The third kappa shape index (κ3) is 4.39. The number of aromatic nitrogens is 3. The SMILES string of the molecule is COc1ccc(CCNC(=O)c2nnn(-c3ccc(C)c(C)c3)c2C)cc1OC. The first kappa shape index (κ1) is 20.4. The summed E-state index contributed by atoms with van der Waals surface area (Å²) >= 11 is 0. The van der Waals surface area contributed by atoms with Gasteiger partial charge in [0.15, 0.2) is 17.2 Å². The summed E-state index contributed by atoms with van der Waals surface area (Å²) in [6.45, 7) is 6.43. The zero-order valence-electron chi connectivity index (χ0n) is 17.4. The molecule has 29 heavy (non-hydrogen) atoms. The molecule has 7 nitrogen and oxygen atoms in total. The summed E-state index contributed by atoms with van der Waals surface area (Å²) in [6, 6.07) is 11.8. The molecule has 1 N–H and O–H groups in total. The zero-order valence-corrected chi connectivity index (χ0v) is 17.4. The lowest BCUT2D eigenvalue weighted by molar-refractivity contribution is 0.0948. The van der Waals surface area contributed by atoms with Gasteiger partial charge >= 0.3 is 0 Å². The average Bonchev–Trinajstić information content (AvgIpc) is 3.11. The van der Waals surface area contributed by atoms with E-state index in [0.29, 0.717) is 35.9 Å². The van der Waals surface area contributed by atoms with Crippen LogP contribution in [-0.2, 0) is 6.42 Å². The fourth-order valence-electron chi connectivity index (χ4n) is 3.08. The van der Waals surface area contributed by atoms with Crippen LogP contribution in [0, 0.1) is 20.8 Å². The normalized spacial score (nSPS) is 10.7. The minimum absolute atomic E-state index is 0.238. The fourth-order valence-corrected chi connectivity index (χ4v) is 3.08. The van der Waals surface area contributed by atoms with Crippen molar-refractivity contribution in [2.45, 2.75) is 27.2 Å². The fraction of sp³-hybridized carbons (Fsp3) is 0.318. The molecule has 0 atom stereocenters. The topological polar surface area (TPSA) is 78.3 Å².